The van der Waals surface area contributed by atoms with Crippen LogP contribution in [0.2, 0.25) is 5.02 Å². The highest BCUT2D eigenvalue weighted by Crippen LogP contribution is 2.30. The second-order valence-corrected chi connectivity index (χ2v) is 8.55. The van der Waals surface area contributed by atoms with Gasteiger partial charge in [-0.2, -0.15) is 4.68 Å². The topological polar surface area (TPSA) is 109 Å². The zero-order valence-electron chi connectivity index (χ0n) is 14.6. The van der Waals surface area contributed by atoms with Gasteiger partial charge in [0.15, 0.2) is 22.0 Å². The number of nitrogens with zero attached hydrogens (tertiary/aromatic N) is 5. The van der Waals surface area contributed by atoms with Crippen molar-refractivity contribution in [3.63, 3.8) is 0 Å². The van der Waals surface area contributed by atoms with Crippen LogP contribution in [0.5, 0.6) is 0 Å². The third-order valence-electron chi connectivity index (χ3n) is 4.45. The van der Waals surface area contributed by atoms with Crippen LogP contribution in [0.1, 0.15) is 17.3 Å². The summed E-state index contributed by atoms with van der Waals surface area (Å²) in [7, 11) is -3.81. The summed E-state index contributed by atoms with van der Waals surface area (Å²) < 4.78 is 35.0. The van der Waals surface area contributed by atoms with Crippen LogP contribution in [-0.2, 0) is 27.7 Å². The Balaban J connectivity index is 1.71. The first-order valence-corrected chi connectivity index (χ1v) is 9.98. The van der Waals surface area contributed by atoms with Crippen molar-refractivity contribution >= 4 is 22.0 Å². The van der Waals surface area contributed by atoms with E-state index in [1.54, 1.807) is 38.1 Å². The van der Waals surface area contributed by atoms with E-state index in [4.69, 9.17) is 16.1 Å². The Labute approximate surface area is 160 Å². The van der Waals surface area contributed by atoms with Gasteiger partial charge >= 0.3 is 5.69 Å². The van der Waals surface area contributed by atoms with E-state index in [1.807, 2.05) is 0 Å². The lowest BCUT2D eigenvalue weighted by Crippen LogP contribution is -2.44. The summed E-state index contributed by atoms with van der Waals surface area (Å²) in [5, 5.41) is 8.51. The summed E-state index contributed by atoms with van der Waals surface area (Å²) in [6.45, 7) is 3.48. The fraction of sp³-hybridized carbons (Fsp3) is 0.312. The van der Waals surface area contributed by atoms with Crippen molar-refractivity contribution in [2.75, 3.05) is 6.54 Å². The maximum Gasteiger partial charge on any atom is 0.350 e. The number of halogens is 1. The predicted octanol–water partition coefficient (Wildman–Crippen LogP) is 1.71. The standard InChI is InChI=1S/C16H16ClN5O4S/c1-10-15(11(2)26-19-10)27(24,25)20-6-7-21-14(9-20)18-22(16(21)23)13-5-3-4-12(17)8-13/h3-5,8H,6-7,9H2,1-2H3. The van der Waals surface area contributed by atoms with Crippen LogP contribution in [0.3, 0.4) is 0 Å². The lowest BCUT2D eigenvalue weighted by molar-refractivity contribution is 0.298. The number of aryl methyl sites for hydroxylation is 2. The van der Waals surface area contributed by atoms with Gasteiger partial charge in [-0.25, -0.2) is 4.79 Å². The number of fused-ring (bicyclic) bond motifs is 1. The molecule has 0 aliphatic carbocycles. The first-order valence-electron chi connectivity index (χ1n) is 8.17. The summed E-state index contributed by atoms with van der Waals surface area (Å²) in [4.78, 5) is 12.7. The molecule has 0 radical (unpaired) electrons. The van der Waals surface area contributed by atoms with Crippen LogP contribution in [0.15, 0.2) is 38.5 Å². The maximum atomic E-state index is 13.0. The Hall–Kier alpha value is -2.27. The molecule has 11 heteroatoms. The molecule has 0 N–H and O–H groups in total. The SMILES string of the molecule is Cc1noc(C)c1[S+](=O)([O-])N1CCn2c(nn(-c3cccc(Cl)c3)c2=O)C1. The van der Waals surface area contributed by atoms with Gasteiger partial charge in [0, 0.05) is 18.5 Å². The van der Waals surface area contributed by atoms with E-state index in [0.29, 0.717) is 22.2 Å². The molecule has 0 spiro atoms. The predicted molar refractivity (Wildman–Crippen MR) is 96.3 cm³/mol. The van der Waals surface area contributed by atoms with Crippen LogP contribution < -0.4 is 5.69 Å². The minimum atomic E-state index is -3.81. The average molecular weight is 410 g/mol. The number of hydrogen-bond donors (Lipinski definition) is 0. The quantitative estimate of drug-likeness (QED) is 0.609. The van der Waals surface area contributed by atoms with Gasteiger partial charge in [-0.15, -0.1) is 9.40 Å². The van der Waals surface area contributed by atoms with E-state index in [2.05, 4.69) is 10.3 Å². The average Bonchev–Trinajstić information content (AvgIpc) is 3.14. The van der Waals surface area contributed by atoms with E-state index in [1.165, 1.54) is 13.6 Å². The summed E-state index contributed by atoms with van der Waals surface area (Å²) in [6.07, 6.45) is 0. The minimum Gasteiger partial charge on any atom is -0.593 e. The van der Waals surface area contributed by atoms with Gasteiger partial charge in [-0.3, -0.25) is 4.57 Å². The number of hydrogen-bond acceptors (Lipinski definition) is 6. The van der Waals surface area contributed by atoms with Crippen molar-refractivity contribution in [2.24, 2.45) is 0 Å². The smallest absolute Gasteiger partial charge is 0.350 e. The van der Waals surface area contributed by atoms with Gasteiger partial charge in [-0.05, 0) is 25.1 Å². The largest absolute Gasteiger partial charge is 0.593 e. The molecule has 27 heavy (non-hydrogen) atoms. The second kappa shape index (κ2) is 6.41. The van der Waals surface area contributed by atoms with Crippen LogP contribution >= 0.6 is 11.6 Å². The number of sulfonamides is 1. The van der Waals surface area contributed by atoms with Crippen molar-refractivity contribution in [1.29, 1.82) is 0 Å². The zero-order chi connectivity index (χ0) is 19.3. The van der Waals surface area contributed by atoms with Gasteiger partial charge in [-0.1, -0.05) is 27.0 Å². The number of benzene rings is 1. The van der Waals surface area contributed by atoms with Crippen LogP contribution in [0.4, 0.5) is 0 Å². The second-order valence-electron chi connectivity index (χ2n) is 6.23. The molecule has 1 aromatic carbocycles. The molecule has 4 rings (SSSR count). The highest BCUT2D eigenvalue weighted by Gasteiger charge is 2.39. The molecule has 0 amide bonds. The summed E-state index contributed by atoms with van der Waals surface area (Å²) in [5.41, 5.74) is 0.496. The molecule has 1 aliphatic rings. The Morgan fingerprint density at radius 1 is 1.30 bits per heavy atom. The van der Waals surface area contributed by atoms with E-state index in [9.17, 15) is 13.6 Å². The van der Waals surface area contributed by atoms with E-state index in [-0.39, 0.29) is 36.0 Å². The highest BCUT2D eigenvalue weighted by atomic mass is 35.5. The van der Waals surface area contributed by atoms with Gasteiger partial charge in [0.25, 0.3) is 0 Å². The zero-order valence-corrected chi connectivity index (χ0v) is 16.2. The molecule has 0 saturated carbocycles. The fourth-order valence-corrected chi connectivity index (χ4v) is 5.04. The molecule has 1 unspecified atom stereocenters. The lowest BCUT2D eigenvalue weighted by atomic mass is 10.3. The summed E-state index contributed by atoms with van der Waals surface area (Å²) in [5.74, 6) is 0.599. The number of aromatic nitrogens is 4. The Morgan fingerprint density at radius 2 is 2.07 bits per heavy atom. The first kappa shape index (κ1) is 18.1. The number of rotatable bonds is 3. The van der Waals surface area contributed by atoms with E-state index >= 15 is 0 Å². The monoisotopic (exact) mass is 409 g/mol. The van der Waals surface area contributed by atoms with Crippen LogP contribution in [0, 0.1) is 13.8 Å². The third-order valence-corrected chi connectivity index (χ3v) is 6.77. The molecule has 1 atom stereocenters. The molecular formula is C16H16ClN5O4S. The Morgan fingerprint density at radius 3 is 2.74 bits per heavy atom. The fourth-order valence-electron chi connectivity index (χ4n) is 3.18. The summed E-state index contributed by atoms with van der Waals surface area (Å²) >= 11 is 5.99. The molecule has 2 aromatic heterocycles. The van der Waals surface area contributed by atoms with Crippen molar-refractivity contribution < 1.29 is 13.3 Å². The van der Waals surface area contributed by atoms with Crippen molar-refractivity contribution in [2.45, 2.75) is 31.8 Å². The van der Waals surface area contributed by atoms with Gasteiger partial charge < -0.3 is 9.08 Å². The van der Waals surface area contributed by atoms with Gasteiger partial charge in [0.2, 0.25) is 4.90 Å². The van der Waals surface area contributed by atoms with Gasteiger partial charge in [0.1, 0.15) is 12.2 Å². The van der Waals surface area contributed by atoms with Crippen LogP contribution in [-0.4, -0.2) is 34.9 Å². The molecule has 142 valence electrons. The highest BCUT2D eigenvalue weighted by molar-refractivity contribution is 7.95. The van der Waals surface area contributed by atoms with Gasteiger partial charge in [0.05, 0.1) is 12.2 Å². The molecule has 9 nitrogen and oxygen atoms in total. The Kier molecular flexibility index (Phi) is 4.30. The van der Waals surface area contributed by atoms with Crippen LogP contribution in [0.25, 0.3) is 5.69 Å². The molecule has 0 fully saturated rings. The minimum absolute atomic E-state index is 0.0187. The molecular weight excluding hydrogens is 394 g/mol. The van der Waals surface area contributed by atoms with Crippen molar-refractivity contribution in [1.82, 2.24) is 23.8 Å². The van der Waals surface area contributed by atoms with E-state index < -0.39 is 10.4 Å². The normalized spacial score (nSPS) is 16.9. The maximum absolute atomic E-state index is 13.0. The molecule has 1 aliphatic heterocycles. The van der Waals surface area contributed by atoms with Crippen molar-refractivity contribution in [3.05, 3.63) is 57.1 Å². The van der Waals surface area contributed by atoms with E-state index in [0.717, 1.165) is 0 Å². The summed E-state index contributed by atoms with van der Waals surface area (Å²) in [6, 6.07) is 6.76. The van der Waals surface area contributed by atoms with Crippen molar-refractivity contribution in [3.8, 4) is 5.69 Å². The Bertz CT molecular complexity index is 1110. The molecule has 3 aromatic rings. The molecule has 0 saturated heterocycles. The molecule has 3 heterocycles. The lowest BCUT2D eigenvalue weighted by Gasteiger charge is -2.29. The molecule has 0 bridgehead atoms. The third kappa shape index (κ3) is 2.94. The first-order chi connectivity index (χ1) is 12.8.